The third kappa shape index (κ3) is 6.76. The topological polar surface area (TPSA) is 105 Å². The van der Waals surface area contributed by atoms with E-state index >= 15 is 0 Å². The third-order valence-electron chi connectivity index (χ3n) is 5.95. The molecule has 8 nitrogen and oxygen atoms in total. The van der Waals surface area contributed by atoms with Crippen molar-refractivity contribution in [1.82, 2.24) is 10.2 Å². The van der Waals surface area contributed by atoms with Gasteiger partial charge in [-0.2, -0.15) is 0 Å². The van der Waals surface area contributed by atoms with Gasteiger partial charge in [-0.05, 0) is 38.5 Å². The van der Waals surface area contributed by atoms with Gasteiger partial charge in [0.2, 0.25) is 5.91 Å². The van der Waals surface area contributed by atoms with Crippen LogP contribution in [0.2, 0.25) is 5.02 Å². The fraction of sp³-hybridized carbons (Fsp3) is 0.440. The van der Waals surface area contributed by atoms with Gasteiger partial charge in [0.1, 0.15) is 16.7 Å². The predicted molar refractivity (Wildman–Crippen MR) is 145 cm³/mol. The average Bonchev–Trinajstić information content (AvgIpc) is 3.04. The molecule has 3 N–H and O–H groups in total. The van der Waals surface area contributed by atoms with E-state index in [4.69, 9.17) is 27.2 Å². The van der Waals surface area contributed by atoms with E-state index in [1.807, 2.05) is 24.3 Å². The summed E-state index contributed by atoms with van der Waals surface area (Å²) in [6, 6.07) is 7.61. The first-order valence-corrected chi connectivity index (χ1v) is 12.8. The Balaban J connectivity index is 0.000000241. The van der Waals surface area contributed by atoms with Crippen LogP contribution in [0.25, 0.3) is 0 Å². The zero-order valence-electron chi connectivity index (χ0n) is 20.7. The molecular weight excluding hydrogens is 484 g/mol. The van der Waals surface area contributed by atoms with Crippen molar-refractivity contribution in [3.05, 3.63) is 50.9 Å². The number of aliphatic imine (C=N–C) groups is 1. The minimum atomic E-state index is 0.112. The molecule has 3 heterocycles. The Bertz CT molecular complexity index is 1110. The molecule has 0 bridgehead atoms. The van der Waals surface area contributed by atoms with E-state index in [0.29, 0.717) is 23.1 Å². The highest BCUT2D eigenvalue weighted by Crippen LogP contribution is 2.39. The summed E-state index contributed by atoms with van der Waals surface area (Å²) < 4.78 is 5.19. The number of nitrogens with one attached hydrogen (secondary N) is 3. The van der Waals surface area contributed by atoms with Crippen LogP contribution in [0.5, 0.6) is 0 Å². The first kappa shape index (κ1) is 27.0. The zero-order chi connectivity index (χ0) is 25.5. The van der Waals surface area contributed by atoms with E-state index in [-0.39, 0.29) is 12.5 Å². The quantitative estimate of drug-likeness (QED) is 0.420. The van der Waals surface area contributed by atoms with Gasteiger partial charge in [-0.25, -0.2) is 0 Å². The Hall–Kier alpha value is -2.59. The number of anilines is 1. The summed E-state index contributed by atoms with van der Waals surface area (Å²) in [7, 11) is 1.67. The SMILES string of the molecule is CC(=N)N1C(=N)CN=C(c2ccc(Cl)cc2)c2c1sc(C)c2C.CNC(=O)CCN1CCOCC1. The molecule has 0 saturated carbocycles. The van der Waals surface area contributed by atoms with E-state index in [1.165, 1.54) is 4.88 Å². The molecule has 1 saturated heterocycles. The van der Waals surface area contributed by atoms with E-state index in [1.54, 1.807) is 30.2 Å². The normalized spacial score (nSPS) is 16.0. The molecule has 1 amide bonds. The van der Waals surface area contributed by atoms with Gasteiger partial charge in [-0.1, -0.05) is 23.7 Å². The van der Waals surface area contributed by atoms with Gasteiger partial charge in [0.15, 0.2) is 0 Å². The lowest BCUT2D eigenvalue weighted by Crippen LogP contribution is -2.38. The van der Waals surface area contributed by atoms with Gasteiger partial charge in [0.25, 0.3) is 0 Å². The zero-order valence-corrected chi connectivity index (χ0v) is 22.3. The summed E-state index contributed by atoms with van der Waals surface area (Å²) >= 11 is 7.61. The standard InChI is InChI=1S/C17H17ClN4S.C8H16N2O2/c1-9-10(2)23-17-15(9)16(12-4-6-13(18)7-5-12)21-8-14(20)22(17)11(3)19;1-9-8(11)2-3-10-4-6-12-7-5-10/h4-7,19-20H,8H2,1-3H3;2-7H2,1H3,(H,9,11). The van der Waals surface area contributed by atoms with Crippen molar-refractivity contribution in [2.24, 2.45) is 4.99 Å². The molecule has 35 heavy (non-hydrogen) atoms. The number of halogens is 1. The summed E-state index contributed by atoms with van der Waals surface area (Å²) in [5.41, 5.74) is 4.02. The molecule has 2 aromatic rings. The maximum absolute atomic E-state index is 10.9. The van der Waals surface area contributed by atoms with Crippen LogP contribution >= 0.6 is 22.9 Å². The van der Waals surface area contributed by atoms with E-state index in [9.17, 15) is 4.79 Å². The molecule has 0 spiro atoms. The van der Waals surface area contributed by atoms with Gasteiger partial charge in [-0.3, -0.25) is 30.4 Å². The number of hydrogen-bond donors (Lipinski definition) is 3. The van der Waals surface area contributed by atoms with Crippen molar-refractivity contribution in [3.8, 4) is 0 Å². The fourth-order valence-corrected chi connectivity index (χ4v) is 5.24. The molecule has 2 aliphatic heterocycles. The van der Waals surface area contributed by atoms with Gasteiger partial charge < -0.3 is 10.1 Å². The van der Waals surface area contributed by atoms with Gasteiger partial charge in [0, 0.05) is 54.1 Å². The fourth-order valence-electron chi connectivity index (χ4n) is 3.88. The number of nitrogens with zero attached hydrogens (tertiary/aromatic N) is 3. The summed E-state index contributed by atoms with van der Waals surface area (Å²) in [6.07, 6.45) is 0.594. The summed E-state index contributed by atoms with van der Waals surface area (Å²) in [5, 5.41) is 20.5. The number of carbonyl (C=O) groups is 1. The number of amidine groups is 2. The van der Waals surface area contributed by atoms with E-state index < -0.39 is 0 Å². The van der Waals surface area contributed by atoms with Gasteiger partial charge in [0.05, 0.1) is 25.5 Å². The molecule has 1 aromatic heterocycles. The molecule has 0 atom stereocenters. The lowest BCUT2D eigenvalue weighted by Gasteiger charge is -2.25. The number of hydrogen-bond acceptors (Lipinski definition) is 7. The number of morpholine rings is 1. The minimum Gasteiger partial charge on any atom is -0.379 e. The Labute approximate surface area is 216 Å². The van der Waals surface area contributed by atoms with Crippen molar-refractivity contribution >= 4 is 51.2 Å². The average molecular weight is 517 g/mol. The highest BCUT2D eigenvalue weighted by atomic mass is 35.5. The predicted octanol–water partition coefficient (Wildman–Crippen LogP) is 4.10. The Morgan fingerprint density at radius 1 is 1.23 bits per heavy atom. The third-order valence-corrected chi connectivity index (χ3v) is 7.40. The van der Waals surface area contributed by atoms with Crippen molar-refractivity contribution < 1.29 is 9.53 Å². The monoisotopic (exact) mass is 516 g/mol. The van der Waals surface area contributed by atoms with Crippen LogP contribution in [0, 0.1) is 24.7 Å². The molecule has 188 valence electrons. The Morgan fingerprint density at radius 2 is 1.89 bits per heavy atom. The summed E-state index contributed by atoms with van der Waals surface area (Å²) in [4.78, 5) is 20.7. The van der Waals surface area contributed by atoms with Crippen LogP contribution in [0.3, 0.4) is 0 Å². The second-order valence-corrected chi connectivity index (χ2v) is 10.0. The number of benzene rings is 1. The number of carbonyl (C=O) groups excluding carboxylic acids is 1. The number of aryl methyl sites for hydroxylation is 1. The molecule has 1 fully saturated rings. The van der Waals surface area contributed by atoms with Gasteiger partial charge >= 0.3 is 0 Å². The van der Waals surface area contributed by atoms with Crippen molar-refractivity contribution in [2.75, 3.05) is 51.3 Å². The van der Waals surface area contributed by atoms with Crippen molar-refractivity contribution in [2.45, 2.75) is 27.2 Å². The Kier molecular flexibility index (Phi) is 9.56. The molecular formula is C25H33ClN6O2S. The second kappa shape index (κ2) is 12.4. The minimum absolute atomic E-state index is 0.112. The number of thiophene rings is 1. The van der Waals surface area contributed by atoms with Crippen molar-refractivity contribution in [3.63, 3.8) is 0 Å². The van der Waals surface area contributed by atoms with E-state index in [2.05, 4.69) is 29.1 Å². The molecule has 10 heteroatoms. The number of amides is 1. The maximum Gasteiger partial charge on any atom is 0.221 e. The lowest BCUT2D eigenvalue weighted by molar-refractivity contribution is -0.121. The molecule has 1 aromatic carbocycles. The lowest BCUT2D eigenvalue weighted by atomic mass is 10.00. The molecule has 2 aliphatic rings. The molecule has 0 radical (unpaired) electrons. The molecule has 4 rings (SSSR count). The summed E-state index contributed by atoms with van der Waals surface area (Å²) in [6.45, 7) is 10.5. The highest BCUT2D eigenvalue weighted by Gasteiger charge is 2.28. The maximum atomic E-state index is 10.9. The first-order chi connectivity index (χ1) is 16.7. The smallest absolute Gasteiger partial charge is 0.221 e. The first-order valence-electron chi connectivity index (χ1n) is 11.6. The molecule has 0 aliphatic carbocycles. The number of rotatable bonds is 4. The van der Waals surface area contributed by atoms with Crippen LogP contribution in [-0.4, -0.2) is 74.6 Å². The highest BCUT2D eigenvalue weighted by molar-refractivity contribution is 7.17. The van der Waals surface area contributed by atoms with Crippen molar-refractivity contribution in [1.29, 1.82) is 10.8 Å². The van der Waals surface area contributed by atoms with Crippen LogP contribution in [-0.2, 0) is 9.53 Å². The van der Waals surface area contributed by atoms with E-state index in [0.717, 1.165) is 60.3 Å². The van der Waals surface area contributed by atoms with Crippen LogP contribution in [0.1, 0.15) is 34.9 Å². The van der Waals surface area contributed by atoms with Crippen LogP contribution in [0.4, 0.5) is 5.00 Å². The second-order valence-electron chi connectivity index (χ2n) is 8.38. The van der Waals surface area contributed by atoms with Crippen LogP contribution in [0.15, 0.2) is 29.3 Å². The van der Waals surface area contributed by atoms with Crippen LogP contribution < -0.4 is 10.2 Å². The number of fused-ring (bicyclic) bond motifs is 1. The van der Waals surface area contributed by atoms with Gasteiger partial charge in [-0.15, -0.1) is 11.3 Å². The Morgan fingerprint density at radius 3 is 2.49 bits per heavy atom. The largest absolute Gasteiger partial charge is 0.379 e. The number of ether oxygens (including phenoxy) is 1. The summed E-state index contributed by atoms with van der Waals surface area (Å²) in [5.74, 6) is 0.774. The molecule has 0 unspecified atom stereocenters.